The summed E-state index contributed by atoms with van der Waals surface area (Å²) in [6.45, 7) is 0. The summed E-state index contributed by atoms with van der Waals surface area (Å²) in [5.74, 6) is 0. The van der Waals surface area contributed by atoms with E-state index in [2.05, 4.69) is 24.5 Å². The second-order valence-corrected chi connectivity index (χ2v) is 6.00. The first-order valence-corrected chi connectivity index (χ1v) is 7.92. The number of rotatable bonds is 1. The van der Waals surface area contributed by atoms with Crippen molar-refractivity contribution in [3.63, 3.8) is 0 Å². The average Bonchev–Trinajstić information content (AvgIpc) is 3.18. The van der Waals surface area contributed by atoms with Gasteiger partial charge in [-0.15, -0.1) is 0 Å². The molecule has 5 aromatic rings. The Balaban J connectivity index is 0.00000168. The number of furan rings is 1. The SMILES string of the molecule is C[n+]1[c-]n(-c2[c-]cccc2)c2cc3c(cc21)oc1ccc(C#N)cc13.[Ir]. The van der Waals surface area contributed by atoms with Crippen molar-refractivity contribution in [3.8, 4) is 11.8 Å². The molecule has 0 aliphatic rings. The summed E-state index contributed by atoms with van der Waals surface area (Å²) in [6, 6.07) is 22.9. The van der Waals surface area contributed by atoms with Crippen LogP contribution in [-0.2, 0) is 27.2 Å². The minimum Gasteiger partial charge on any atom is -0.457 e. The summed E-state index contributed by atoms with van der Waals surface area (Å²) in [7, 11) is 1.96. The number of nitriles is 1. The van der Waals surface area contributed by atoms with Crippen molar-refractivity contribution in [1.82, 2.24) is 4.57 Å². The fourth-order valence-electron chi connectivity index (χ4n) is 3.28. The number of hydrogen-bond donors (Lipinski definition) is 0. The number of para-hydroxylation sites is 1. The number of nitrogens with zero attached hydrogens (tertiary/aromatic N) is 3. The molecule has 1 radical (unpaired) electrons. The van der Waals surface area contributed by atoms with Crippen molar-refractivity contribution in [3.05, 3.63) is 72.6 Å². The van der Waals surface area contributed by atoms with E-state index in [-0.39, 0.29) is 20.1 Å². The van der Waals surface area contributed by atoms with Crippen molar-refractivity contribution < 1.29 is 29.1 Å². The largest absolute Gasteiger partial charge is 0.457 e. The van der Waals surface area contributed by atoms with Crippen LogP contribution in [0.15, 0.2) is 59.0 Å². The van der Waals surface area contributed by atoms with Gasteiger partial charge in [-0.05, 0) is 24.3 Å². The van der Waals surface area contributed by atoms with Crippen LogP contribution in [0.5, 0.6) is 0 Å². The third-order valence-electron chi connectivity index (χ3n) is 4.48. The Labute approximate surface area is 163 Å². The molecule has 0 amide bonds. The molecule has 2 heterocycles. The molecule has 0 fully saturated rings. The third kappa shape index (κ3) is 2.35. The van der Waals surface area contributed by atoms with E-state index in [1.807, 2.05) is 58.6 Å². The molecule has 0 atom stereocenters. The number of aromatic nitrogens is 2. The monoisotopic (exact) mass is 515 g/mol. The van der Waals surface area contributed by atoms with Crippen LogP contribution in [0.4, 0.5) is 0 Å². The van der Waals surface area contributed by atoms with Crippen LogP contribution in [0.3, 0.4) is 0 Å². The Morgan fingerprint density at radius 2 is 1.92 bits per heavy atom. The van der Waals surface area contributed by atoms with Crippen LogP contribution < -0.4 is 4.57 Å². The molecule has 0 spiro atoms. The fourth-order valence-corrected chi connectivity index (χ4v) is 3.28. The maximum Gasteiger partial charge on any atom is 0.242 e. The van der Waals surface area contributed by atoms with E-state index in [0.29, 0.717) is 5.56 Å². The molecule has 5 heteroatoms. The van der Waals surface area contributed by atoms with Crippen LogP contribution in [0.1, 0.15) is 5.56 Å². The predicted molar refractivity (Wildman–Crippen MR) is 94.1 cm³/mol. The Morgan fingerprint density at radius 3 is 2.69 bits per heavy atom. The Bertz CT molecular complexity index is 1310. The van der Waals surface area contributed by atoms with Gasteiger partial charge < -0.3 is 13.6 Å². The first kappa shape index (κ1) is 16.5. The molecule has 2 aromatic heterocycles. The van der Waals surface area contributed by atoms with Gasteiger partial charge in [0.05, 0.1) is 29.7 Å². The predicted octanol–water partition coefficient (Wildman–Crippen LogP) is 3.82. The molecule has 4 nitrogen and oxygen atoms in total. The maximum atomic E-state index is 9.18. The van der Waals surface area contributed by atoms with Crippen LogP contribution in [0.2, 0.25) is 0 Å². The molecule has 0 unspecified atom stereocenters. The minimum atomic E-state index is 0. The van der Waals surface area contributed by atoms with Crippen molar-refractivity contribution in [2.24, 2.45) is 7.05 Å². The van der Waals surface area contributed by atoms with E-state index >= 15 is 0 Å². The zero-order valence-corrected chi connectivity index (χ0v) is 16.2. The van der Waals surface area contributed by atoms with E-state index in [0.717, 1.165) is 38.7 Å². The molecule has 0 saturated carbocycles. The van der Waals surface area contributed by atoms with Gasteiger partial charge in [0.1, 0.15) is 11.2 Å². The zero-order chi connectivity index (χ0) is 17.0. The molecule has 26 heavy (non-hydrogen) atoms. The van der Waals surface area contributed by atoms with E-state index in [4.69, 9.17) is 4.42 Å². The molecule has 3 aromatic carbocycles. The van der Waals surface area contributed by atoms with E-state index in [1.165, 1.54) is 0 Å². The van der Waals surface area contributed by atoms with E-state index < -0.39 is 0 Å². The molecule has 127 valence electrons. The van der Waals surface area contributed by atoms with Crippen LogP contribution in [0, 0.1) is 23.7 Å². The van der Waals surface area contributed by atoms with Gasteiger partial charge in [-0.2, -0.15) is 35.6 Å². The minimum absolute atomic E-state index is 0. The molecule has 0 aliphatic carbocycles. The molecular weight excluding hydrogens is 502 g/mol. The van der Waals surface area contributed by atoms with Crippen molar-refractivity contribution in [2.45, 2.75) is 0 Å². The van der Waals surface area contributed by atoms with Crippen molar-refractivity contribution in [2.75, 3.05) is 0 Å². The van der Waals surface area contributed by atoms with Crippen molar-refractivity contribution in [1.29, 1.82) is 5.26 Å². The molecule has 0 bridgehead atoms. The standard InChI is InChI=1S/C21H12N3O.Ir/c1-23-13-24(15-5-3-2-4-6-15)19-10-17-16-9-14(12-22)7-8-20(16)25-21(17)11-18(19)23;/h2-5,7-11H,1H3;/q-1;. The number of imidazole rings is 1. The Kier molecular flexibility index (Phi) is 3.88. The van der Waals surface area contributed by atoms with Gasteiger partial charge in [0.2, 0.25) is 6.33 Å². The second-order valence-electron chi connectivity index (χ2n) is 6.00. The van der Waals surface area contributed by atoms with Gasteiger partial charge in [-0.25, -0.2) is 0 Å². The van der Waals surface area contributed by atoms with Gasteiger partial charge >= 0.3 is 0 Å². The van der Waals surface area contributed by atoms with Gasteiger partial charge in [0.15, 0.2) is 0 Å². The maximum absolute atomic E-state index is 9.18. The van der Waals surface area contributed by atoms with Gasteiger partial charge in [0.25, 0.3) is 0 Å². The molecular formula is C21H12IrN3O-. The smallest absolute Gasteiger partial charge is 0.242 e. The summed E-state index contributed by atoms with van der Waals surface area (Å²) >= 11 is 0. The zero-order valence-electron chi connectivity index (χ0n) is 13.8. The summed E-state index contributed by atoms with van der Waals surface area (Å²) in [5.41, 5.74) is 5.17. The number of aryl methyl sites for hydroxylation is 1. The fraction of sp³-hybridized carbons (Fsp3) is 0.0476. The summed E-state index contributed by atoms with van der Waals surface area (Å²) in [6.07, 6.45) is 3.31. The first-order chi connectivity index (χ1) is 12.2. The second kappa shape index (κ2) is 6.10. The molecule has 5 rings (SSSR count). The molecule has 0 aliphatic heterocycles. The quantitative estimate of drug-likeness (QED) is 0.252. The molecule has 0 N–H and O–H groups in total. The summed E-state index contributed by atoms with van der Waals surface area (Å²) < 4.78 is 9.91. The number of hydrogen-bond acceptors (Lipinski definition) is 2. The van der Waals surface area contributed by atoms with E-state index in [9.17, 15) is 5.26 Å². The number of fused-ring (bicyclic) bond motifs is 4. The molecule has 0 saturated heterocycles. The van der Waals surface area contributed by atoms with E-state index in [1.54, 1.807) is 6.07 Å². The summed E-state index contributed by atoms with van der Waals surface area (Å²) in [4.78, 5) is 0. The van der Waals surface area contributed by atoms with Crippen LogP contribution >= 0.6 is 0 Å². The summed E-state index contributed by atoms with van der Waals surface area (Å²) in [5, 5.41) is 11.1. The van der Waals surface area contributed by atoms with Crippen LogP contribution in [-0.4, -0.2) is 4.57 Å². The van der Waals surface area contributed by atoms with Gasteiger partial charge in [-0.1, -0.05) is 11.8 Å². The van der Waals surface area contributed by atoms with Gasteiger partial charge in [-0.3, -0.25) is 0 Å². The van der Waals surface area contributed by atoms with Crippen molar-refractivity contribution >= 4 is 33.0 Å². The third-order valence-corrected chi connectivity index (χ3v) is 4.48. The van der Waals surface area contributed by atoms with Crippen LogP contribution in [0.25, 0.3) is 38.7 Å². The topological polar surface area (TPSA) is 45.7 Å². The average molecular weight is 515 g/mol. The Morgan fingerprint density at radius 1 is 1.08 bits per heavy atom. The van der Waals surface area contributed by atoms with Gasteiger partial charge in [0, 0.05) is 30.9 Å². The normalized spacial score (nSPS) is 10.9. The first-order valence-electron chi connectivity index (χ1n) is 7.92. The Hall–Kier alpha value is -2.93. The number of benzene rings is 3.